The number of hydrogen-bond donors (Lipinski definition) is 4. The molecule has 3 aromatic rings. The minimum absolute atomic E-state index is 0.0267. The molecule has 0 bridgehead atoms. The SMILES string of the molecule is C=CC[C@@H](CC(=O)N[C@H](C)CO)C(=O)N[C@H](COC(=O)[C@@H](CC=C)Cc1ccccc1)Cc1c[nH]c2ccccc12. The Balaban J connectivity index is 1.75. The van der Waals surface area contributed by atoms with Crippen LogP contribution in [0.4, 0.5) is 0 Å². The summed E-state index contributed by atoms with van der Waals surface area (Å²) < 4.78 is 5.80. The molecule has 1 aromatic heterocycles. The number of rotatable bonds is 17. The van der Waals surface area contributed by atoms with Gasteiger partial charge in [0.15, 0.2) is 0 Å². The second kappa shape index (κ2) is 16.2. The Kier molecular flexibility index (Phi) is 12.4. The first-order valence-corrected chi connectivity index (χ1v) is 14.0. The molecular weight excluding hydrogens is 518 g/mol. The van der Waals surface area contributed by atoms with Gasteiger partial charge in [-0.25, -0.2) is 0 Å². The number of carbonyl (C=O) groups is 3. The highest BCUT2D eigenvalue weighted by molar-refractivity contribution is 5.86. The number of fused-ring (bicyclic) bond motifs is 1. The van der Waals surface area contributed by atoms with Crippen LogP contribution in [0.2, 0.25) is 0 Å². The zero-order valence-corrected chi connectivity index (χ0v) is 23.7. The van der Waals surface area contributed by atoms with Gasteiger partial charge in [-0.15, -0.1) is 13.2 Å². The average Bonchev–Trinajstić information content (AvgIpc) is 3.38. The molecule has 1 heterocycles. The molecule has 0 spiro atoms. The first-order valence-electron chi connectivity index (χ1n) is 14.0. The fourth-order valence-electron chi connectivity index (χ4n) is 4.79. The van der Waals surface area contributed by atoms with Crippen molar-refractivity contribution in [3.05, 3.63) is 97.2 Å². The van der Waals surface area contributed by atoms with Crippen LogP contribution in [0.5, 0.6) is 0 Å². The molecular formula is C33H41N3O5. The maximum atomic E-state index is 13.4. The van der Waals surface area contributed by atoms with E-state index >= 15 is 0 Å². The monoisotopic (exact) mass is 559 g/mol. The number of hydrogen-bond acceptors (Lipinski definition) is 5. The quantitative estimate of drug-likeness (QED) is 0.146. The summed E-state index contributed by atoms with van der Waals surface area (Å²) in [5, 5.41) is 16.0. The molecule has 0 unspecified atom stereocenters. The fraction of sp³-hybridized carbons (Fsp3) is 0.364. The van der Waals surface area contributed by atoms with Gasteiger partial charge in [-0.05, 0) is 49.8 Å². The van der Waals surface area contributed by atoms with Gasteiger partial charge in [0.1, 0.15) is 6.61 Å². The van der Waals surface area contributed by atoms with Crippen molar-refractivity contribution >= 4 is 28.7 Å². The first-order chi connectivity index (χ1) is 19.8. The van der Waals surface area contributed by atoms with E-state index in [1.54, 1.807) is 19.1 Å². The Morgan fingerprint density at radius 2 is 1.63 bits per heavy atom. The number of esters is 1. The summed E-state index contributed by atoms with van der Waals surface area (Å²) in [6, 6.07) is 16.7. The van der Waals surface area contributed by atoms with Crippen molar-refractivity contribution in [2.75, 3.05) is 13.2 Å². The van der Waals surface area contributed by atoms with Gasteiger partial charge in [0.05, 0.1) is 24.5 Å². The normalized spacial score (nSPS) is 13.9. The van der Waals surface area contributed by atoms with E-state index in [4.69, 9.17) is 4.74 Å². The molecule has 4 atom stereocenters. The molecule has 8 nitrogen and oxygen atoms in total. The van der Waals surface area contributed by atoms with Crippen LogP contribution in [-0.4, -0.2) is 53.2 Å². The second-order valence-corrected chi connectivity index (χ2v) is 10.4. The Labute approximate surface area is 241 Å². The van der Waals surface area contributed by atoms with Crippen LogP contribution in [-0.2, 0) is 32.0 Å². The summed E-state index contributed by atoms with van der Waals surface area (Å²) in [5.74, 6) is -2.07. The minimum Gasteiger partial charge on any atom is -0.463 e. The Bertz CT molecular complexity index is 1300. The summed E-state index contributed by atoms with van der Waals surface area (Å²) >= 11 is 0. The van der Waals surface area contributed by atoms with Gasteiger partial charge in [-0.3, -0.25) is 14.4 Å². The molecule has 0 saturated carbocycles. The van der Waals surface area contributed by atoms with Crippen molar-refractivity contribution in [1.29, 1.82) is 0 Å². The number of ether oxygens (including phenoxy) is 1. The van der Waals surface area contributed by atoms with Crippen molar-refractivity contribution in [2.24, 2.45) is 11.8 Å². The highest BCUT2D eigenvalue weighted by atomic mass is 16.5. The highest BCUT2D eigenvalue weighted by Gasteiger charge is 2.26. The van der Waals surface area contributed by atoms with E-state index in [0.717, 1.165) is 22.0 Å². The molecule has 4 N–H and O–H groups in total. The van der Waals surface area contributed by atoms with Crippen LogP contribution in [0.25, 0.3) is 10.9 Å². The minimum atomic E-state index is -0.661. The van der Waals surface area contributed by atoms with Crippen LogP contribution >= 0.6 is 0 Å². The molecule has 0 aliphatic heterocycles. The van der Waals surface area contributed by atoms with Crippen LogP contribution < -0.4 is 10.6 Å². The third-order valence-corrected chi connectivity index (χ3v) is 6.96. The van der Waals surface area contributed by atoms with E-state index in [1.807, 2.05) is 60.8 Å². The first kappa shape index (κ1) is 31.4. The predicted octanol–water partition coefficient (Wildman–Crippen LogP) is 4.25. The molecule has 3 rings (SSSR count). The molecule has 0 radical (unpaired) electrons. The van der Waals surface area contributed by atoms with E-state index in [0.29, 0.717) is 25.7 Å². The summed E-state index contributed by atoms with van der Waals surface area (Å²) in [4.78, 5) is 42.3. The number of para-hydroxylation sites is 1. The van der Waals surface area contributed by atoms with Crippen molar-refractivity contribution in [1.82, 2.24) is 15.6 Å². The Morgan fingerprint density at radius 3 is 2.34 bits per heavy atom. The van der Waals surface area contributed by atoms with Crippen LogP contribution in [0, 0.1) is 11.8 Å². The maximum Gasteiger partial charge on any atom is 0.309 e. The maximum absolute atomic E-state index is 13.4. The summed E-state index contributed by atoms with van der Waals surface area (Å²) in [7, 11) is 0. The number of aliphatic hydroxyl groups is 1. The van der Waals surface area contributed by atoms with Crippen LogP contribution in [0.1, 0.15) is 37.3 Å². The number of amides is 2. The topological polar surface area (TPSA) is 121 Å². The molecule has 2 aromatic carbocycles. The van der Waals surface area contributed by atoms with Gasteiger partial charge < -0.3 is 25.5 Å². The number of benzene rings is 2. The van der Waals surface area contributed by atoms with E-state index in [9.17, 15) is 19.5 Å². The average molecular weight is 560 g/mol. The van der Waals surface area contributed by atoms with Crippen molar-refractivity contribution in [3.63, 3.8) is 0 Å². The van der Waals surface area contributed by atoms with Crippen molar-refractivity contribution < 1.29 is 24.2 Å². The van der Waals surface area contributed by atoms with Crippen LogP contribution in [0.15, 0.2) is 86.1 Å². The number of H-pyrrole nitrogens is 1. The van der Waals surface area contributed by atoms with Gasteiger partial charge in [0.25, 0.3) is 0 Å². The predicted molar refractivity (Wildman–Crippen MR) is 161 cm³/mol. The lowest BCUT2D eigenvalue weighted by molar-refractivity contribution is -0.149. The number of aromatic amines is 1. The molecule has 41 heavy (non-hydrogen) atoms. The number of allylic oxidation sites excluding steroid dienone is 2. The molecule has 8 heteroatoms. The van der Waals surface area contributed by atoms with Crippen molar-refractivity contribution in [3.8, 4) is 0 Å². The molecule has 0 aliphatic carbocycles. The molecule has 0 saturated heterocycles. The van der Waals surface area contributed by atoms with E-state index in [-0.39, 0.29) is 37.4 Å². The number of nitrogens with one attached hydrogen (secondary N) is 3. The lowest BCUT2D eigenvalue weighted by Crippen LogP contribution is -2.45. The second-order valence-electron chi connectivity index (χ2n) is 10.4. The third kappa shape index (κ3) is 9.76. The fourth-order valence-corrected chi connectivity index (χ4v) is 4.79. The standard InChI is InChI=1S/C33H41N3O5/c1-4-11-25(19-31(38)35-23(3)21-37)32(39)36-28(18-27-20-34-30-16-10-9-15-29(27)30)22-41-33(40)26(12-5-2)17-24-13-7-6-8-14-24/h4-10,13-16,20,23,25-26,28,34,37H,1-2,11-12,17-19,21-22H2,3H3,(H,35,38)(H,36,39)/t23-,25+,26+,28+/m1/s1. The van der Waals surface area contributed by atoms with Gasteiger partial charge in [-0.1, -0.05) is 60.7 Å². The zero-order valence-electron chi connectivity index (χ0n) is 23.7. The summed E-state index contributed by atoms with van der Waals surface area (Å²) in [5.41, 5.74) is 2.97. The van der Waals surface area contributed by atoms with E-state index in [1.165, 1.54) is 0 Å². The highest BCUT2D eigenvalue weighted by Crippen LogP contribution is 2.21. The largest absolute Gasteiger partial charge is 0.463 e. The molecule has 0 aliphatic rings. The van der Waals surface area contributed by atoms with Crippen molar-refractivity contribution in [2.45, 2.75) is 51.1 Å². The lowest BCUT2D eigenvalue weighted by atomic mass is 9.96. The van der Waals surface area contributed by atoms with E-state index in [2.05, 4.69) is 28.8 Å². The van der Waals surface area contributed by atoms with Gasteiger partial charge in [0.2, 0.25) is 11.8 Å². The van der Waals surface area contributed by atoms with Crippen LogP contribution in [0.3, 0.4) is 0 Å². The number of aromatic nitrogens is 1. The number of carbonyl (C=O) groups excluding carboxylic acids is 3. The third-order valence-electron chi connectivity index (χ3n) is 6.96. The van der Waals surface area contributed by atoms with Gasteiger partial charge in [-0.2, -0.15) is 0 Å². The van der Waals surface area contributed by atoms with Gasteiger partial charge >= 0.3 is 5.97 Å². The Morgan fingerprint density at radius 1 is 0.951 bits per heavy atom. The lowest BCUT2D eigenvalue weighted by Gasteiger charge is -2.23. The van der Waals surface area contributed by atoms with Gasteiger partial charge in [0, 0.05) is 29.6 Å². The van der Waals surface area contributed by atoms with E-state index < -0.39 is 23.9 Å². The molecule has 218 valence electrons. The Hall–Kier alpha value is -4.17. The summed E-state index contributed by atoms with van der Waals surface area (Å²) in [6.45, 7) is 9.00. The zero-order chi connectivity index (χ0) is 29.6. The smallest absolute Gasteiger partial charge is 0.309 e. The molecule has 2 amide bonds. The number of aliphatic hydroxyl groups excluding tert-OH is 1. The molecule has 0 fully saturated rings. The summed E-state index contributed by atoms with van der Waals surface area (Å²) in [6.07, 6.45) is 6.86.